The van der Waals surface area contributed by atoms with Crippen LogP contribution in [-0.2, 0) is 24.2 Å². The molecule has 0 unspecified atom stereocenters. The zero-order valence-electron chi connectivity index (χ0n) is 21.4. The van der Waals surface area contributed by atoms with Gasteiger partial charge in [0.25, 0.3) is 17.7 Å². The first-order chi connectivity index (χ1) is 18.2. The summed E-state index contributed by atoms with van der Waals surface area (Å²) in [6.45, 7) is 2.58. The van der Waals surface area contributed by atoms with Crippen LogP contribution >= 0.6 is 11.9 Å². The molecule has 1 aromatic heterocycles. The van der Waals surface area contributed by atoms with Crippen LogP contribution in [-0.4, -0.2) is 40.2 Å². The molecule has 1 aliphatic carbocycles. The summed E-state index contributed by atoms with van der Waals surface area (Å²) in [6.07, 6.45) is 5.19. The fourth-order valence-electron chi connectivity index (χ4n) is 4.62. The molecule has 12 heteroatoms. The lowest BCUT2D eigenvalue weighted by Gasteiger charge is -2.23. The third kappa shape index (κ3) is 6.47. The molecule has 1 atom stereocenters. The van der Waals surface area contributed by atoms with Crippen LogP contribution in [0.1, 0.15) is 61.1 Å². The molecule has 5 rings (SSSR count). The standard InChI is InChI=1S/C26H32F2N6O3S/c1-15-22(38-33-31-15)25(36)30-23-21-20(32-34(23)11-10-16-6-7-16)13-18(29-24(21)35)9-8-17-4-3-5-19(12-17)37-14-26(2,27)28/h3-5,12,16,18,31,33H,6-11,13-14H2,1-2H3,(H,29,35)(H,30,36)/t18-/m0/s1. The largest absolute Gasteiger partial charge is 0.487 e. The zero-order valence-corrected chi connectivity index (χ0v) is 22.2. The van der Waals surface area contributed by atoms with Crippen LogP contribution in [0.15, 0.2) is 34.9 Å². The highest BCUT2D eigenvalue weighted by atomic mass is 32.2. The quantitative estimate of drug-likeness (QED) is 0.316. The van der Waals surface area contributed by atoms with Crippen LogP contribution < -0.4 is 25.6 Å². The molecule has 1 aromatic carbocycles. The van der Waals surface area contributed by atoms with Gasteiger partial charge in [0, 0.05) is 31.6 Å². The molecule has 204 valence electrons. The number of nitrogens with zero attached hydrogens (tertiary/aromatic N) is 2. The number of ether oxygens (including phenoxy) is 1. The fraction of sp³-hybridized carbons (Fsp3) is 0.500. The van der Waals surface area contributed by atoms with Gasteiger partial charge in [-0.05, 0) is 61.7 Å². The number of carbonyl (C=O) groups is 2. The SMILES string of the molecule is CC1=C(C(=O)Nc2c3c(nn2CCC2CC2)C[C@H](CCc2cccc(OCC(C)(F)F)c2)NC3=O)SNN1. The van der Waals surface area contributed by atoms with Gasteiger partial charge in [-0.15, -0.1) is 0 Å². The number of anilines is 1. The van der Waals surface area contributed by atoms with Gasteiger partial charge in [0.2, 0.25) is 0 Å². The maximum absolute atomic E-state index is 13.2. The van der Waals surface area contributed by atoms with E-state index in [-0.39, 0.29) is 17.9 Å². The molecule has 0 bridgehead atoms. The molecule has 1 saturated carbocycles. The van der Waals surface area contributed by atoms with Crippen molar-refractivity contribution in [3.63, 3.8) is 0 Å². The Labute approximate surface area is 224 Å². The van der Waals surface area contributed by atoms with Crippen molar-refractivity contribution in [3.05, 3.63) is 51.7 Å². The van der Waals surface area contributed by atoms with Gasteiger partial charge < -0.3 is 20.8 Å². The second kappa shape index (κ2) is 10.9. The Hall–Kier alpha value is -3.12. The number of aromatic nitrogens is 2. The molecule has 2 amide bonds. The molecule has 1 fully saturated rings. The van der Waals surface area contributed by atoms with Crippen molar-refractivity contribution in [3.8, 4) is 5.75 Å². The van der Waals surface area contributed by atoms with E-state index < -0.39 is 12.5 Å². The van der Waals surface area contributed by atoms with E-state index in [4.69, 9.17) is 9.84 Å². The van der Waals surface area contributed by atoms with E-state index in [0.717, 1.165) is 18.9 Å². The number of nitrogens with one attached hydrogen (secondary N) is 4. The predicted octanol–water partition coefficient (Wildman–Crippen LogP) is 3.93. The van der Waals surface area contributed by atoms with E-state index in [1.165, 1.54) is 24.8 Å². The number of fused-ring (bicyclic) bond motifs is 1. The zero-order chi connectivity index (χ0) is 26.9. The number of benzene rings is 1. The van der Waals surface area contributed by atoms with Crippen molar-refractivity contribution in [2.24, 2.45) is 5.92 Å². The van der Waals surface area contributed by atoms with Crippen molar-refractivity contribution < 1.29 is 23.1 Å². The third-order valence-corrected chi connectivity index (χ3v) is 7.72. The van der Waals surface area contributed by atoms with Crippen LogP contribution in [0.2, 0.25) is 0 Å². The predicted molar refractivity (Wildman–Crippen MR) is 141 cm³/mol. The number of alkyl halides is 2. The topological polar surface area (TPSA) is 109 Å². The second-order valence-electron chi connectivity index (χ2n) is 10.3. The first kappa shape index (κ1) is 26.5. The average Bonchev–Trinajstić information content (AvgIpc) is 3.50. The molecule has 0 saturated heterocycles. The number of hydrazine groups is 1. The second-order valence-corrected chi connectivity index (χ2v) is 11.1. The van der Waals surface area contributed by atoms with Gasteiger partial charge in [-0.25, -0.2) is 13.5 Å². The summed E-state index contributed by atoms with van der Waals surface area (Å²) in [5.74, 6) is -1.95. The number of hydrogen-bond donors (Lipinski definition) is 4. The summed E-state index contributed by atoms with van der Waals surface area (Å²) < 4.78 is 33.3. The molecule has 2 aliphatic heterocycles. The van der Waals surface area contributed by atoms with E-state index in [1.807, 2.05) is 6.07 Å². The number of carbonyl (C=O) groups excluding carboxylic acids is 2. The smallest absolute Gasteiger partial charge is 0.278 e. The van der Waals surface area contributed by atoms with Crippen LogP contribution in [0.25, 0.3) is 0 Å². The van der Waals surface area contributed by atoms with Crippen molar-refractivity contribution in [1.82, 2.24) is 25.4 Å². The van der Waals surface area contributed by atoms with E-state index in [1.54, 1.807) is 29.8 Å². The van der Waals surface area contributed by atoms with Crippen LogP contribution in [0.3, 0.4) is 0 Å². The van der Waals surface area contributed by atoms with E-state index >= 15 is 0 Å². The molecule has 3 heterocycles. The van der Waals surface area contributed by atoms with Gasteiger partial charge in [-0.1, -0.05) is 25.0 Å². The Morgan fingerprint density at radius 3 is 2.84 bits per heavy atom. The Balaban J connectivity index is 1.28. The summed E-state index contributed by atoms with van der Waals surface area (Å²) in [6, 6.07) is 6.95. The number of halogens is 2. The Morgan fingerprint density at radius 1 is 1.32 bits per heavy atom. The number of rotatable bonds is 11. The highest BCUT2D eigenvalue weighted by Crippen LogP contribution is 2.34. The Bertz CT molecular complexity index is 1250. The van der Waals surface area contributed by atoms with Crippen LogP contribution in [0.5, 0.6) is 5.75 Å². The van der Waals surface area contributed by atoms with E-state index in [9.17, 15) is 18.4 Å². The minimum absolute atomic E-state index is 0.140. The van der Waals surface area contributed by atoms with Crippen molar-refractivity contribution >= 4 is 29.6 Å². The van der Waals surface area contributed by atoms with Gasteiger partial charge in [-0.3, -0.25) is 9.59 Å². The maximum Gasteiger partial charge on any atom is 0.278 e. The van der Waals surface area contributed by atoms with Gasteiger partial charge >= 0.3 is 0 Å². The van der Waals surface area contributed by atoms with E-state index in [2.05, 4.69) is 20.9 Å². The molecule has 38 heavy (non-hydrogen) atoms. The average molecular weight is 547 g/mol. The monoisotopic (exact) mass is 546 g/mol. The minimum atomic E-state index is -2.90. The summed E-state index contributed by atoms with van der Waals surface area (Å²) in [5, 5.41) is 10.8. The van der Waals surface area contributed by atoms with Crippen molar-refractivity contribution in [1.29, 1.82) is 0 Å². The maximum atomic E-state index is 13.2. The summed E-state index contributed by atoms with van der Waals surface area (Å²) in [7, 11) is 0. The summed E-state index contributed by atoms with van der Waals surface area (Å²) in [5.41, 5.74) is 5.65. The van der Waals surface area contributed by atoms with E-state index in [0.29, 0.717) is 65.2 Å². The molecule has 0 radical (unpaired) electrons. The van der Waals surface area contributed by atoms with Gasteiger partial charge in [0.1, 0.15) is 22.0 Å². The molecule has 4 N–H and O–H groups in total. The molecule has 2 aromatic rings. The highest BCUT2D eigenvalue weighted by Gasteiger charge is 2.34. The molecular weight excluding hydrogens is 514 g/mol. The highest BCUT2D eigenvalue weighted by molar-refractivity contribution is 8.02. The Morgan fingerprint density at radius 2 is 2.13 bits per heavy atom. The van der Waals surface area contributed by atoms with Gasteiger partial charge in [0.15, 0.2) is 6.61 Å². The molecule has 0 spiro atoms. The Kier molecular flexibility index (Phi) is 7.62. The normalized spacial score (nSPS) is 19.2. The number of allylic oxidation sites excluding steroid dienone is 1. The summed E-state index contributed by atoms with van der Waals surface area (Å²) in [4.78, 5) is 29.6. The lowest BCUT2D eigenvalue weighted by Crippen LogP contribution is -2.41. The first-order valence-corrected chi connectivity index (χ1v) is 13.7. The number of amides is 2. The van der Waals surface area contributed by atoms with Crippen molar-refractivity contribution in [2.75, 3.05) is 11.9 Å². The fourth-order valence-corrected chi connectivity index (χ4v) is 5.27. The lowest BCUT2D eigenvalue weighted by molar-refractivity contribution is -0.112. The molecular formula is C26H32F2N6O3S. The third-order valence-electron chi connectivity index (χ3n) is 6.82. The van der Waals surface area contributed by atoms with Crippen molar-refractivity contribution in [2.45, 2.75) is 70.9 Å². The molecule has 9 nitrogen and oxygen atoms in total. The lowest BCUT2D eigenvalue weighted by atomic mass is 9.96. The number of hydrogen-bond acceptors (Lipinski definition) is 7. The minimum Gasteiger partial charge on any atom is -0.487 e. The van der Waals surface area contributed by atoms with Crippen LogP contribution in [0, 0.1) is 5.92 Å². The van der Waals surface area contributed by atoms with Gasteiger partial charge in [0.05, 0.1) is 5.69 Å². The van der Waals surface area contributed by atoms with Gasteiger partial charge in [-0.2, -0.15) is 9.93 Å². The first-order valence-electron chi connectivity index (χ1n) is 12.9. The van der Waals surface area contributed by atoms with Crippen LogP contribution in [0.4, 0.5) is 14.6 Å². The summed E-state index contributed by atoms with van der Waals surface area (Å²) >= 11 is 1.19. The molecule has 3 aliphatic rings. The number of aryl methyl sites for hydroxylation is 2.